The fraction of sp³-hybridized carbons (Fsp3) is 0.824. The number of carbonyl (C=O) groups excluding carboxylic acids is 2. The first-order valence-electron chi connectivity index (χ1n) is 8.49. The number of nitrogens with zero attached hydrogens (tertiary/aromatic N) is 2. The highest BCUT2D eigenvalue weighted by atomic mass is 19.1. The van der Waals surface area contributed by atoms with Crippen LogP contribution in [0.5, 0.6) is 0 Å². The number of carbonyl (C=O) groups is 3. The summed E-state index contributed by atoms with van der Waals surface area (Å²) in [5, 5.41) is 9.16. The van der Waals surface area contributed by atoms with E-state index in [1.54, 1.807) is 34.6 Å². The third-order valence-corrected chi connectivity index (χ3v) is 4.86. The predicted molar refractivity (Wildman–Crippen MR) is 87.8 cm³/mol. The molecule has 0 aromatic rings. The molecule has 8 heteroatoms. The largest absolute Gasteiger partial charge is 0.465 e. The monoisotopic (exact) mass is 358 g/mol. The van der Waals surface area contributed by atoms with Crippen LogP contribution in [-0.2, 0) is 14.3 Å². The van der Waals surface area contributed by atoms with Crippen LogP contribution in [-0.4, -0.2) is 69.8 Å². The molecule has 25 heavy (non-hydrogen) atoms. The molecule has 2 unspecified atom stereocenters. The minimum atomic E-state index is -2.14. The van der Waals surface area contributed by atoms with Gasteiger partial charge in [-0.15, -0.1) is 0 Å². The Hall–Kier alpha value is -1.86. The summed E-state index contributed by atoms with van der Waals surface area (Å²) in [5.74, 6) is -1.06. The summed E-state index contributed by atoms with van der Waals surface area (Å²) in [5.41, 5.74) is -3.59. The Labute approximate surface area is 147 Å². The lowest BCUT2D eigenvalue weighted by molar-refractivity contribution is -0.166. The highest BCUT2D eigenvalue weighted by molar-refractivity contribution is 5.90. The van der Waals surface area contributed by atoms with Crippen molar-refractivity contribution >= 4 is 18.0 Å². The summed E-state index contributed by atoms with van der Waals surface area (Å²) in [7, 11) is 0. The number of halogens is 1. The Kier molecular flexibility index (Phi) is 4.78. The predicted octanol–water partition coefficient (Wildman–Crippen LogP) is 2.05. The molecule has 1 N–H and O–H groups in total. The number of ether oxygens (including phenoxy) is 1. The molecule has 7 nitrogen and oxygen atoms in total. The van der Waals surface area contributed by atoms with Crippen LogP contribution >= 0.6 is 0 Å². The van der Waals surface area contributed by atoms with E-state index in [1.807, 2.05) is 0 Å². The smallest absolute Gasteiger partial charge is 0.407 e. The highest BCUT2D eigenvalue weighted by Crippen LogP contribution is 2.40. The minimum absolute atomic E-state index is 0.0199. The average molecular weight is 358 g/mol. The molecule has 2 fully saturated rings. The number of amides is 2. The van der Waals surface area contributed by atoms with Gasteiger partial charge in [-0.3, -0.25) is 14.5 Å². The number of fused-ring (bicyclic) bond motifs is 1. The fourth-order valence-corrected chi connectivity index (χ4v) is 3.25. The van der Waals surface area contributed by atoms with Gasteiger partial charge in [-0.05, 0) is 41.0 Å². The molecule has 2 aliphatic rings. The molecule has 2 amide bonds. The van der Waals surface area contributed by atoms with E-state index in [0.717, 1.165) is 4.90 Å². The molecular weight excluding hydrogens is 331 g/mol. The number of hydrogen-bond donors (Lipinski definition) is 1. The molecule has 2 aliphatic heterocycles. The second kappa shape index (κ2) is 6.14. The van der Waals surface area contributed by atoms with Gasteiger partial charge in [0.25, 0.3) is 5.91 Å². The van der Waals surface area contributed by atoms with E-state index >= 15 is 0 Å². The van der Waals surface area contributed by atoms with Crippen LogP contribution in [0.3, 0.4) is 0 Å². The molecule has 0 saturated carbocycles. The zero-order valence-electron chi connectivity index (χ0n) is 15.5. The van der Waals surface area contributed by atoms with Crippen molar-refractivity contribution < 1.29 is 28.6 Å². The van der Waals surface area contributed by atoms with Gasteiger partial charge in [0.05, 0.1) is 11.5 Å². The van der Waals surface area contributed by atoms with E-state index in [-0.39, 0.29) is 32.0 Å². The van der Waals surface area contributed by atoms with Gasteiger partial charge >= 0.3 is 12.1 Å². The molecule has 0 aromatic heterocycles. The van der Waals surface area contributed by atoms with Gasteiger partial charge in [0.1, 0.15) is 5.60 Å². The molecule has 0 aromatic carbocycles. The van der Waals surface area contributed by atoms with Gasteiger partial charge < -0.3 is 14.7 Å². The van der Waals surface area contributed by atoms with Gasteiger partial charge in [0.15, 0.2) is 0 Å². The van der Waals surface area contributed by atoms with Crippen molar-refractivity contribution in [2.24, 2.45) is 5.41 Å². The average Bonchev–Trinajstić information content (AvgIpc) is 2.89. The summed E-state index contributed by atoms with van der Waals surface area (Å²) in [6.07, 6.45) is -1.02. The van der Waals surface area contributed by atoms with E-state index in [4.69, 9.17) is 9.84 Å². The number of carboxylic acid groups (broad SMARTS) is 1. The van der Waals surface area contributed by atoms with E-state index in [0.29, 0.717) is 6.42 Å². The SMILES string of the molecule is CC(C)(C)OC(=O)C(C)(C)CCN1CC2N(C(=O)O)CCC2(F)C1=O. The maximum Gasteiger partial charge on any atom is 0.407 e. The molecule has 0 aliphatic carbocycles. The quantitative estimate of drug-likeness (QED) is 0.777. The van der Waals surface area contributed by atoms with E-state index < -0.39 is 34.7 Å². The third kappa shape index (κ3) is 3.72. The number of esters is 1. The maximum absolute atomic E-state index is 15.0. The Morgan fingerprint density at radius 3 is 2.44 bits per heavy atom. The molecule has 2 rings (SSSR count). The second-order valence-electron chi connectivity index (χ2n) is 8.49. The van der Waals surface area contributed by atoms with Crippen molar-refractivity contribution in [2.45, 2.75) is 64.8 Å². The first-order chi connectivity index (χ1) is 11.3. The molecule has 2 saturated heterocycles. The maximum atomic E-state index is 15.0. The molecule has 142 valence electrons. The topological polar surface area (TPSA) is 87.2 Å². The van der Waals surface area contributed by atoms with Gasteiger partial charge in [-0.25, -0.2) is 9.18 Å². The van der Waals surface area contributed by atoms with Crippen molar-refractivity contribution in [1.29, 1.82) is 0 Å². The highest BCUT2D eigenvalue weighted by Gasteiger charge is 2.62. The summed E-state index contributed by atoms with van der Waals surface area (Å²) in [6, 6.07) is -0.970. The zero-order chi connectivity index (χ0) is 19.2. The lowest BCUT2D eigenvalue weighted by Gasteiger charge is -2.30. The van der Waals surface area contributed by atoms with Crippen LogP contribution in [0, 0.1) is 5.41 Å². The van der Waals surface area contributed by atoms with Crippen molar-refractivity contribution in [1.82, 2.24) is 9.80 Å². The molecule has 0 spiro atoms. The van der Waals surface area contributed by atoms with Crippen LogP contribution in [0.25, 0.3) is 0 Å². The number of likely N-dealkylation sites (tertiary alicyclic amines) is 2. The van der Waals surface area contributed by atoms with Crippen LogP contribution in [0.1, 0.15) is 47.5 Å². The number of alkyl halides is 1. The van der Waals surface area contributed by atoms with Crippen molar-refractivity contribution in [3.05, 3.63) is 0 Å². The van der Waals surface area contributed by atoms with Gasteiger partial charge in [0.2, 0.25) is 5.67 Å². The number of hydrogen-bond acceptors (Lipinski definition) is 4. The Bertz CT molecular complexity index is 586. The fourth-order valence-electron chi connectivity index (χ4n) is 3.25. The van der Waals surface area contributed by atoms with Crippen LogP contribution in [0.4, 0.5) is 9.18 Å². The Morgan fingerprint density at radius 1 is 1.32 bits per heavy atom. The van der Waals surface area contributed by atoms with Gasteiger partial charge in [0, 0.05) is 26.1 Å². The summed E-state index contributed by atoms with van der Waals surface area (Å²) in [6.45, 7) is 9.00. The zero-order valence-corrected chi connectivity index (χ0v) is 15.5. The Balaban J connectivity index is 2.01. The van der Waals surface area contributed by atoms with Crippen LogP contribution < -0.4 is 0 Å². The summed E-state index contributed by atoms with van der Waals surface area (Å²) < 4.78 is 20.3. The molecule has 2 heterocycles. The van der Waals surface area contributed by atoms with Gasteiger partial charge in [-0.1, -0.05) is 0 Å². The third-order valence-electron chi connectivity index (χ3n) is 4.86. The van der Waals surface area contributed by atoms with Crippen molar-refractivity contribution in [3.8, 4) is 0 Å². The first-order valence-corrected chi connectivity index (χ1v) is 8.49. The standard InChI is InChI=1S/C17H27FN2O5/c1-15(2,3)25-13(22)16(4,5)6-8-19-10-11-17(18,12(19)21)7-9-20(11)14(23)24/h11H,6-10H2,1-5H3,(H,23,24). The lowest BCUT2D eigenvalue weighted by atomic mass is 9.89. The van der Waals surface area contributed by atoms with Crippen molar-refractivity contribution in [3.63, 3.8) is 0 Å². The minimum Gasteiger partial charge on any atom is -0.465 e. The Morgan fingerprint density at radius 2 is 1.92 bits per heavy atom. The van der Waals surface area contributed by atoms with Gasteiger partial charge in [-0.2, -0.15) is 0 Å². The molecule has 0 bridgehead atoms. The summed E-state index contributed by atoms with van der Waals surface area (Å²) >= 11 is 0. The van der Waals surface area contributed by atoms with Crippen molar-refractivity contribution in [2.75, 3.05) is 19.6 Å². The second-order valence-corrected chi connectivity index (χ2v) is 8.49. The molecule has 0 radical (unpaired) electrons. The lowest BCUT2D eigenvalue weighted by Crippen LogP contribution is -2.44. The van der Waals surface area contributed by atoms with Crippen LogP contribution in [0.2, 0.25) is 0 Å². The van der Waals surface area contributed by atoms with E-state index in [1.165, 1.54) is 4.90 Å². The van der Waals surface area contributed by atoms with E-state index in [2.05, 4.69) is 0 Å². The van der Waals surface area contributed by atoms with Crippen LogP contribution in [0.15, 0.2) is 0 Å². The first kappa shape index (κ1) is 19.5. The molecule has 2 atom stereocenters. The number of rotatable bonds is 4. The molecular formula is C17H27FN2O5. The summed E-state index contributed by atoms with van der Waals surface area (Å²) in [4.78, 5) is 38.2. The normalized spacial score (nSPS) is 26.8. The van der Waals surface area contributed by atoms with E-state index in [9.17, 15) is 18.8 Å².